The van der Waals surface area contributed by atoms with Crippen molar-refractivity contribution in [3.05, 3.63) is 28.1 Å². The Labute approximate surface area is 86.0 Å². The molecule has 1 aromatic rings. The van der Waals surface area contributed by atoms with Gasteiger partial charge in [-0.1, -0.05) is 0 Å². The van der Waals surface area contributed by atoms with Crippen LogP contribution in [-0.2, 0) is 0 Å². The van der Waals surface area contributed by atoms with E-state index in [-0.39, 0.29) is 0 Å². The highest BCUT2D eigenvalue weighted by Gasteiger charge is 2.34. The lowest BCUT2D eigenvalue weighted by Gasteiger charge is -2.08. The number of alkyl halides is 3. The first-order chi connectivity index (χ1) is 7.33. The van der Waals surface area contributed by atoms with Crippen molar-refractivity contribution in [3.8, 4) is 11.8 Å². The average molecular weight is 233 g/mol. The molecule has 9 heteroatoms. The second-order valence-corrected chi connectivity index (χ2v) is 2.45. The fraction of sp³-hybridized carbons (Fsp3) is 0.143. The minimum absolute atomic E-state index is 0.412. The standard InChI is InChI=1S/C7H2F3N3O3/c8-7(9,10)16-6-1-4(2-11)12-3-5(6)13(14)15/h1,3H. The van der Waals surface area contributed by atoms with Crippen molar-refractivity contribution in [2.45, 2.75) is 6.36 Å². The predicted octanol–water partition coefficient (Wildman–Crippen LogP) is 1.76. The normalized spacial score (nSPS) is 10.6. The first-order valence-corrected chi connectivity index (χ1v) is 3.64. The van der Waals surface area contributed by atoms with Gasteiger partial charge in [-0.05, 0) is 0 Å². The molecule has 0 spiro atoms. The zero-order valence-electron chi connectivity index (χ0n) is 7.35. The lowest BCUT2D eigenvalue weighted by atomic mass is 10.3. The number of nitro groups is 1. The van der Waals surface area contributed by atoms with E-state index < -0.39 is 28.4 Å². The molecule has 1 heterocycles. The van der Waals surface area contributed by atoms with Gasteiger partial charge in [0.25, 0.3) is 0 Å². The van der Waals surface area contributed by atoms with Crippen molar-refractivity contribution in [1.82, 2.24) is 4.98 Å². The highest BCUT2D eigenvalue weighted by Crippen LogP contribution is 2.31. The Morgan fingerprint density at radius 1 is 1.56 bits per heavy atom. The zero-order valence-corrected chi connectivity index (χ0v) is 7.35. The first-order valence-electron chi connectivity index (χ1n) is 3.64. The van der Waals surface area contributed by atoms with Gasteiger partial charge in [0.15, 0.2) is 0 Å². The van der Waals surface area contributed by atoms with E-state index in [1.165, 1.54) is 6.07 Å². The molecule has 0 radical (unpaired) electrons. The third-order valence-corrected chi connectivity index (χ3v) is 1.38. The number of rotatable bonds is 2. The van der Waals surface area contributed by atoms with Crippen LogP contribution in [0.4, 0.5) is 18.9 Å². The van der Waals surface area contributed by atoms with E-state index in [9.17, 15) is 23.3 Å². The minimum Gasteiger partial charge on any atom is -0.398 e. The van der Waals surface area contributed by atoms with Crippen LogP contribution in [0.2, 0.25) is 0 Å². The maximum atomic E-state index is 11.9. The highest BCUT2D eigenvalue weighted by molar-refractivity contribution is 5.47. The summed E-state index contributed by atoms with van der Waals surface area (Å²) in [7, 11) is 0. The molecule has 0 aliphatic rings. The summed E-state index contributed by atoms with van der Waals surface area (Å²) in [5, 5.41) is 18.7. The number of pyridine rings is 1. The molecule has 0 bridgehead atoms. The molecule has 1 rings (SSSR count). The van der Waals surface area contributed by atoms with Crippen LogP contribution in [0.3, 0.4) is 0 Å². The Bertz CT molecular complexity index is 466. The molecule has 0 aromatic carbocycles. The van der Waals surface area contributed by atoms with Gasteiger partial charge >= 0.3 is 12.0 Å². The maximum Gasteiger partial charge on any atom is 0.573 e. The summed E-state index contributed by atoms with van der Waals surface area (Å²) in [4.78, 5) is 12.5. The van der Waals surface area contributed by atoms with Crippen LogP contribution in [0, 0.1) is 21.4 Å². The van der Waals surface area contributed by atoms with Gasteiger partial charge in [0.2, 0.25) is 5.75 Å². The number of aromatic nitrogens is 1. The number of nitriles is 1. The van der Waals surface area contributed by atoms with Crippen molar-refractivity contribution in [3.63, 3.8) is 0 Å². The van der Waals surface area contributed by atoms with E-state index in [4.69, 9.17) is 5.26 Å². The first kappa shape index (κ1) is 11.7. The maximum absolute atomic E-state index is 11.9. The van der Waals surface area contributed by atoms with Gasteiger partial charge in [-0.25, -0.2) is 4.98 Å². The lowest BCUT2D eigenvalue weighted by molar-refractivity contribution is -0.389. The van der Waals surface area contributed by atoms with E-state index in [0.29, 0.717) is 12.3 Å². The third kappa shape index (κ3) is 2.81. The van der Waals surface area contributed by atoms with E-state index in [0.717, 1.165) is 0 Å². The van der Waals surface area contributed by atoms with Crippen LogP contribution in [0.25, 0.3) is 0 Å². The summed E-state index contributed by atoms with van der Waals surface area (Å²) in [5.41, 5.74) is -1.37. The van der Waals surface area contributed by atoms with Crippen molar-refractivity contribution in [1.29, 1.82) is 5.26 Å². The number of halogens is 3. The van der Waals surface area contributed by atoms with Gasteiger partial charge in [-0.2, -0.15) is 5.26 Å². The van der Waals surface area contributed by atoms with Gasteiger partial charge in [0, 0.05) is 6.07 Å². The second-order valence-electron chi connectivity index (χ2n) is 2.45. The number of ether oxygens (including phenoxy) is 1. The monoisotopic (exact) mass is 233 g/mol. The summed E-state index contributed by atoms with van der Waals surface area (Å²) < 4.78 is 39.0. The molecule has 0 aliphatic carbocycles. The lowest BCUT2D eigenvalue weighted by Crippen LogP contribution is -2.18. The summed E-state index contributed by atoms with van der Waals surface area (Å²) in [6, 6.07) is 1.99. The van der Waals surface area contributed by atoms with Crippen LogP contribution < -0.4 is 4.74 Å². The van der Waals surface area contributed by atoms with Crippen LogP contribution in [0.1, 0.15) is 5.69 Å². The number of hydrogen-bond acceptors (Lipinski definition) is 5. The molecule has 0 amide bonds. The molecule has 0 N–H and O–H groups in total. The van der Waals surface area contributed by atoms with E-state index in [2.05, 4.69) is 9.72 Å². The summed E-state index contributed by atoms with van der Waals surface area (Å²) >= 11 is 0. The molecular formula is C7H2F3N3O3. The number of hydrogen-bond donors (Lipinski definition) is 0. The van der Waals surface area contributed by atoms with E-state index in [1.54, 1.807) is 0 Å². The van der Waals surface area contributed by atoms with Gasteiger partial charge in [-0.15, -0.1) is 13.2 Å². The quantitative estimate of drug-likeness (QED) is 0.573. The average Bonchev–Trinajstić information content (AvgIpc) is 2.14. The summed E-state index contributed by atoms with van der Waals surface area (Å²) in [6.07, 6.45) is -4.54. The van der Waals surface area contributed by atoms with E-state index >= 15 is 0 Å². The smallest absolute Gasteiger partial charge is 0.398 e. The molecule has 0 atom stereocenters. The Kier molecular flexibility index (Phi) is 2.94. The SMILES string of the molecule is N#Cc1cc(OC(F)(F)F)c([N+](=O)[O-])cn1. The molecule has 16 heavy (non-hydrogen) atoms. The summed E-state index contributed by atoms with van der Waals surface area (Å²) in [5.74, 6) is -1.07. The number of nitrogens with zero attached hydrogens (tertiary/aromatic N) is 3. The van der Waals surface area contributed by atoms with Crippen LogP contribution in [0.15, 0.2) is 12.3 Å². The molecular weight excluding hydrogens is 231 g/mol. The molecule has 6 nitrogen and oxygen atoms in total. The van der Waals surface area contributed by atoms with Crippen molar-refractivity contribution < 1.29 is 22.8 Å². The Balaban J connectivity index is 3.22. The molecule has 0 saturated carbocycles. The fourth-order valence-electron chi connectivity index (χ4n) is 0.834. The van der Waals surface area contributed by atoms with E-state index in [1.807, 2.05) is 0 Å². The van der Waals surface area contributed by atoms with Gasteiger partial charge < -0.3 is 4.74 Å². The molecule has 0 unspecified atom stereocenters. The van der Waals surface area contributed by atoms with Crippen LogP contribution in [0.5, 0.6) is 5.75 Å². The Morgan fingerprint density at radius 2 is 2.19 bits per heavy atom. The molecule has 1 aromatic heterocycles. The van der Waals surface area contributed by atoms with Crippen LogP contribution >= 0.6 is 0 Å². The Morgan fingerprint density at radius 3 is 2.62 bits per heavy atom. The fourth-order valence-corrected chi connectivity index (χ4v) is 0.834. The van der Waals surface area contributed by atoms with Crippen LogP contribution in [-0.4, -0.2) is 16.3 Å². The second kappa shape index (κ2) is 4.01. The summed E-state index contributed by atoms with van der Waals surface area (Å²) in [6.45, 7) is 0. The van der Waals surface area contributed by atoms with Gasteiger partial charge in [-0.3, -0.25) is 10.1 Å². The largest absolute Gasteiger partial charge is 0.573 e. The molecule has 0 aliphatic heterocycles. The van der Waals surface area contributed by atoms with Gasteiger partial charge in [0.05, 0.1) is 4.92 Å². The minimum atomic E-state index is -5.07. The molecule has 0 fully saturated rings. The Hall–Kier alpha value is -2.37. The van der Waals surface area contributed by atoms with Crippen molar-refractivity contribution in [2.75, 3.05) is 0 Å². The third-order valence-electron chi connectivity index (χ3n) is 1.38. The van der Waals surface area contributed by atoms with Gasteiger partial charge in [0.1, 0.15) is 18.0 Å². The zero-order chi connectivity index (χ0) is 12.3. The molecule has 0 saturated heterocycles. The van der Waals surface area contributed by atoms with Crippen molar-refractivity contribution in [2.24, 2.45) is 0 Å². The predicted molar refractivity (Wildman–Crippen MR) is 42.3 cm³/mol. The highest BCUT2D eigenvalue weighted by atomic mass is 19.4. The van der Waals surface area contributed by atoms with Crippen molar-refractivity contribution >= 4 is 5.69 Å². The topological polar surface area (TPSA) is 89.0 Å². The molecule has 84 valence electrons.